The molecule has 6 heterocycles. The van der Waals surface area contributed by atoms with Gasteiger partial charge >= 0.3 is 12.4 Å². The smallest absolute Gasteiger partial charge is 0.381 e. The first-order valence-electron chi connectivity index (χ1n) is 21.3. The monoisotopic (exact) mass is 944 g/mol. The standard InChI is InChI=1S/2C23H23F3N6S/c2*24-23(25,26)19-17(7-4-9-29-19)33-21-20(28)31-18(11-30-21)32-10-8-15-16(12-32)22(15,13-27)14-5-2-1-3-6-14/h2*1-7,9,11,15-16H,8,10,12-13,27H2,(H2,28,31). The van der Waals surface area contributed by atoms with E-state index in [1.54, 1.807) is 12.4 Å². The lowest BCUT2D eigenvalue weighted by molar-refractivity contribution is -0.144. The van der Waals surface area contributed by atoms with Crippen LogP contribution in [-0.4, -0.2) is 69.2 Å². The van der Waals surface area contributed by atoms with Gasteiger partial charge in [0.2, 0.25) is 0 Å². The SMILES string of the molecule is NCC1(c2ccccc2)C2CCN(c3cnc(Sc4cccnc4C(F)(F)F)c(N)n3)CC21.NCC1(c2ccccc2)C2CCN(c3cnc(Sc4cccnc4C(F)(F)F)c(N)n3)CC21. The summed E-state index contributed by atoms with van der Waals surface area (Å²) in [6.07, 6.45) is -1.76. The summed E-state index contributed by atoms with van der Waals surface area (Å²) in [6, 6.07) is 26.4. The molecule has 2 saturated heterocycles. The van der Waals surface area contributed by atoms with Gasteiger partial charge in [-0.1, -0.05) is 84.2 Å². The maximum absolute atomic E-state index is 13.3. The molecule has 6 unspecified atom stereocenters. The molecule has 2 aliphatic carbocycles. The second kappa shape index (κ2) is 17.8. The molecular weight excluding hydrogens is 899 g/mol. The van der Waals surface area contributed by atoms with E-state index >= 15 is 0 Å². The topological polar surface area (TPSA) is 188 Å². The van der Waals surface area contributed by atoms with Gasteiger partial charge in [0.05, 0.1) is 12.4 Å². The number of nitrogens with two attached hydrogens (primary N) is 4. The van der Waals surface area contributed by atoms with Gasteiger partial charge in [0, 0.05) is 72.3 Å². The van der Waals surface area contributed by atoms with Crippen LogP contribution in [0.25, 0.3) is 0 Å². The zero-order chi connectivity index (χ0) is 46.4. The fourth-order valence-electron chi connectivity index (χ4n) is 10.4. The van der Waals surface area contributed by atoms with Crippen molar-refractivity contribution in [3.63, 3.8) is 0 Å². The summed E-state index contributed by atoms with van der Waals surface area (Å²) in [7, 11) is 0. The molecule has 0 spiro atoms. The van der Waals surface area contributed by atoms with Crippen LogP contribution in [-0.2, 0) is 23.2 Å². The quantitative estimate of drug-likeness (QED) is 0.0969. The number of alkyl halides is 6. The Kier molecular flexibility index (Phi) is 12.3. The van der Waals surface area contributed by atoms with E-state index < -0.39 is 23.7 Å². The minimum absolute atomic E-state index is 0.0148. The van der Waals surface area contributed by atoms with Crippen LogP contribution < -0.4 is 32.7 Å². The van der Waals surface area contributed by atoms with Crippen molar-refractivity contribution in [3.8, 4) is 0 Å². The van der Waals surface area contributed by atoms with Crippen molar-refractivity contribution in [2.75, 3.05) is 60.5 Å². The Labute approximate surface area is 385 Å². The summed E-state index contributed by atoms with van der Waals surface area (Å²) < 4.78 is 79.5. The molecule has 0 bridgehead atoms. The van der Waals surface area contributed by atoms with Gasteiger partial charge < -0.3 is 32.7 Å². The van der Waals surface area contributed by atoms with E-state index in [1.165, 1.54) is 35.4 Å². The maximum atomic E-state index is 13.3. The fourth-order valence-corrected chi connectivity index (χ4v) is 12.1. The summed E-state index contributed by atoms with van der Waals surface area (Å²) in [5.74, 6) is 3.36. The van der Waals surface area contributed by atoms with Gasteiger partial charge in [0.15, 0.2) is 23.0 Å². The lowest BCUT2D eigenvalue weighted by atomic mass is 9.91. The number of hydrogen-bond acceptors (Lipinski definition) is 14. The molecule has 6 aromatic rings. The molecule has 4 aliphatic rings. The molecule has 0 radical (unpaired) electrons. The average Bonchev–Trinajstić information content (AvgIpc) is 4.20. The largest absolute Gasteiger partial charge is 0.434 e. The summed E-state index contributed by atoms with van der Waals surface area (Å²) in [6.45, 7) is 4.37. The van der Waals surface area contributed by atoms with Gasteiger partial charge in [0.25, 0.3) is 0 Å². The number of rotatable bonds is 10. The zero-order valence-corrected chi connectivity index (χ0v) is 37.0. The number of benzene rings is 2. The van der Waals surface area contributed by atoms with Crippen LogP contribution in [0.1, 0.15) is 35.4 Å². The van der Waals surface area contributed by atoms with Gasteiger partial charge in [-0.25, -0.2) is 19.9 Å². The number of pyridine rings is 2. The van der Waals surface area contributed by atoms with Crippen LogP contribution in [0.3, 0.4) is 0 Å². The Morgan fingerprint density at radius 2 is 0.939 bits per heavy atom. The predicted octanol–water partition coefficient (Wildman–Crippen LogP) is 7.95. The second-order valence-corrected chi connectivity index (χ2v) is 18.9. The van der Waals surface area contributed by atoms with Crippen LogP contribution in [0.5, 0.6) is 0 Å². The zero-order valence-electron chi connectivity index (χ0n) is 35.3. The highest BCUT2D eigenvalue weighted by molar-refractivity contribution is 7.99. The first kappa shape index (κ1) is 45.5. The Morgan fingerprint density at radius 3 is 1.29 bits per heavy atom. The summed E-state index contributed by atoms with van der Waals surface area (Å²) in [5.41, 5.74) is 25.3. The van der Waals surface area contributed by atoms with Crippen molar-refractivity contribution in [2.45, 2.75) is 55.9 Å². The number of piperidine rings is 2. The van der Waals surface area contributed by atoms with E-state index in [-0.39, 0.29) is 42.3 Å². The normalized spacial score (nSPS) is 24.4. The maximum Gasteiger partial charge on any atom is 0.434 e. The molecule has 20 heteroatoms. The highest BCUT2D eigenvalue weighted by atomic mass is 32.2. The molecule has 12 nitrogen and oxygen atoms in total. The van der Waals surface area contributed by atoms with Gasteiger partial charge in [-0.2, -0.15) is 26.3 Å². The number of hydrogen-bond donors (Lipinski definition) is 4. The molecule has 6 atom stereocenters. The van der Waals surface area contributed by atoms with Crippen LogP contribution in [0, 0.1) is 23.7 Å². The number of aromatic nitrogens is 6. The summed E-state index contributed by atoms with van der Waals surface area (Å²) in [5, 5.41) is 0.443. The average molecular weight is 945 g/mol. The highest BCUT2D eigenvalue weighted by Crippen LogP contribution is 2.64. The fraction of sp³-hybridized carbons (Fsp3) is 0.348. The Bertz CT molecular complexity index is 2500. The van der Waals surface area contributed by atoms with Gasteiger partial charge in [-0.3, -0.25) is 9.97 Å². The van der Waals surface area contributed by atoms with Crippen LogP contribution >= 0.6 is 23.5 Å². The molecule has 2 saturated carbocycles. The van der Waals surface area contributed by atoms with E-state index in [0.29, 0.717) is 48.4 Å². The number of nitrogen functional groups attached to an aromatic ring is 2. The van der Waals surface area contributed by atoms with Crippen molar-refractivity contribution in [1.82, 2.24) is 29.9 Å². The molecule has 4 aromatic heterocycles. The third-order valence-electron chi connectivity index (χ3n) is 13.6. The van der Waals surface area contributed by atoms with E-state index in [4.69, 9.17) is 22.9 Å². The molecule has 66 heavy (non-hydrogen) atoms. The molecule has 0 amide bonds. The predicted molar refractivity (Wildman–Crippen MR) is 242 cm³/mol. The lowest BCUT2D eigenvalue weighted by Gasteiger charge is -2.27. The molecule has 8 N–H and O–H groups in total. The van der Waals surface area contributed by atoms with Crippen molar-refractivity contribution in [2.24, 2.45) is 35.1 Å². The van der Waals surface area contributed by atoms with Gasteiger partial charge in [-0.05, 0) is 71.9 Å². The van der Waals surface area contributed by atoms with E-state index in [2.05, 4.69) is 64.0 Å². The van der Waals surface area contributed by atoms with E-state index in [0.717, 1.165) is 74.9 Å². The van der Waals surface area contributed by atoms with E-state index in [9.17, 15) is 26.3 Å². The first-order chi connectivity index (χ1) is 31.7. The van der Waals surface area contributed by atoms with Crippen LogP contribution in [0.4, 0.5) is 49.6 Å². The number of anilines is 4. The number of fused-ring (bicyclic) bond motifs is 2. The molecule has 344 valence electrons. The second-order valence-electron chi connectivity index (χ2n) is 16.9. The van der Waals surface area contributed by atoms with Crippen molar-refractivity contribution < 1.29 is 26.3 Å². The highest BCUT2D eigenvalue weighted by Gasteiger charge is 2.66. The van der Waals surface area contributed by atoms with E-state index in [1.807, 2.05) is 36.4 Å². The van der Waals surface area contributed by atoms with Crippen LogP contribution in [0.15, 0.2) is 130 Å². The number of nitrogens with zero attached hydrogens (tertiary/aromatic N) is 8. The van der Waals surface area contributed by atoms with Gasteiger partial charge in [-0.15, -0.1) is 0 Å². The van der Waals surface area contributed by atoms with Crippen molar-refractivity contribution in [1.29, 1.82) is 0 Å². The van der Waals surface area contributed by atoms with Crippen LogP contribution in [0.2, 0.25) is 0 Å². The lowest BCUT2D eigenvalue weighted by Crippen LogP contribution is -2.32. The number of halogens is 6. The minimum atomic E-state index is -4.56. The Morgan fingerprint density at radius 1 is 0.545 bits per heavy atom. The summed E-state index contributed by atoms with van der Waals surface area (Å²) >= 11 is 1.63. The summed E-state index contributed by atoms with van der Waals surface area (Å²) in [4.78, 5) is 28.7. The molecule has 2 aromatic carbocycles. The first-order valence-corrected chi connectivity index (χ1v) is 23.0. The molecule has 10 rings (SSSR count). The third-order valence-corrected chi connectivity index (χ3v) is 15.7. The third kappa shape index (κ3) is 8.47. The minimum Gasteiger partial charge on any atom is -0.381 e. The van der Waals surface area contributed by atoms with Crippen molar-refractivity contribution >= 4 is 46.8 Å². The van der Waals surface area contributed by atoms with Crippen molar-refractivity contribution in [3.05, 3.63) is 132 Å². The molecular formula is C46H46F6N12S2. The molecule has 4 fully saturated rings. The van der Waals surface area contributed by atoms with Gasteiger partial charge in [0.1, 0.15) is 21.7 Å². The Balaban J connectivity index is 0.000000166. The molecule has 2 aliphatic heterocycles. The Hall–Kier alpha value is -5.70.